The van der Waals surface area contributed by atoms with Gasteiger partial charge in [-0.3, -0.25) is 4.90 Å². The van der Waals surface area contributed by atoms with Gasteiger partial charge in [-0.25, -0.2) is 9.18 Å². The van der Waals surface area contributed by atoms with Crippen LogP contribution in [-0.2, 0) is 0 Å². The second-order valence-corrected chi connectivity index (χ2v) is 6.24. The number of likely N-dealkylation sites (N-methyl/N-ethyl adjacent to an activating group) is 1. The number of amides is 2. The van der Waals surface area contributed by atoms with Crippen LogP contribution < -0.4 is 15.4 Å². The van der Waals surface area contributed by atoms with E-state index < -0.39 is 5.82 Å². The van der Waals surface area contributed by atoms with Gasteiger partial charge in [0.2, 0.25) is 0 Å². The monoisotopic (exact) mass is 348 g/mol. The molecule has 1 fully saturated rings. The Bertz CT molecular complexity index is 624. The average Bonchev–Trinajstić information content (AvgIpc) is 2.57. The molecule has 136 valence electrons. The molecule has 0 aromatic heterocycles. The van der Waals surface area contributed by atoms with E-state index in [9.17, 15) is 9.18 Å². The van der Waals surface area contributed by atoms with Gasteiger partial charge in [-0.2, -0.15) is 0 Å². The molecular formula is C18H25FN4O2. The number of carbonyl (C=O) groups excluding carboxylic acids is 1. The Labute approximate surface area is 148 Å². The summed E-state index contributed by atoms with van der Waals surface area (Å²) in [5.74, 6) is 2.07. The van der Waals surface area contributed by atoms with Crippen molar-refractivity contribution in [2.75, 3.05) is 51.7 Å². The number of hydrogen-bond donors (Lipinski definition) is 2. The smallest absolute Gasteiger partial charge is 0.319 e. The molecule has 0 bridgehead atoms. The summed E-state index contributed by atoms with van der Waals surface area (Å²) in [5, 5.41) is 5.57. The topological polar surface area (TPSA) is 56.8 Å². The van der Waals surface area contributed by atoms with E-state index in [1.807, 2.05) is 6.92 Å². The quantitative estimate of drug-likeness (QED) is 0.767. The first kappa shape index (κ1) is 19.0. The van der Waals surface area contributed by atoms with Crippen molar-refractivity contribution in [3.63, 3.8) is 0 Å². The number of piperazine rings is 1. The zero-order valence-electron chi connectivity index (χ0n) is 14.7. The molecule has 1 aliphatic rings. The first-order chi connectivity index (χ1) is 12.0. The lowest BCUT2D eigenvalue weighted by Gasteiger charge is -2.34. The number of nitrogens with one attached hydrogen (secondary N) is 2. The van der Waals surface area contributed by atoms with Crippen molar-refractivity contribution in [1.82, 2.24) is 15.1 Å². The summed E-state index contributed by atoms with van der Waals surface area (Å²) in [5.41, 5.74) is 0.376. The minimum absolute atomic E-state index is 0.000435. The number of nitrogens with zero attached hydrogens (tertiary/aromatic N) is 2. The van der Waals surface area contributed by atoms with Gasteiger partial charge in [0.15, 0.2) is 0 Å². The van der Waals surface area contributed by atoms with Crippen molar-refractivity contribution in [1.29, 1.82) is 0 Å². The van der Waals surface area contributed by atoms with E-state index >= 15 is 0 Å². The van der Waals surface area contributed by atoms with E-state index in [1.165, 1.54) is 18.2 Å². The summed E-state index contributed by atoms with van der Waals surface area (Å²) < 4.78 is 18.6. The zero-order valence-corrected chi connectivity index (χ0v) is 14.7. The predicted octanol–water partition coefficient (Wildman–Crippen LogP) is 1.60. The van der Waals surface area contributed by atoms with Crippen molar-refractivity contribution >= 4 is 11.7 Å². The number of anilines is 1. The predicted molar refractivity (Wildman–Crippen MR) is 96.3 cm³/mol. The van der Waals surface area contributed by atoms with Crippen molar-refractivity contribution in [2.24, 2.45) is 0 Å². The number of benzene rings is 1. The third-order valence-corrected chi connectivity index (χ3v) is 4.01. The molecule has 2 amide bonds. The fourth-order valence-corrected chi connectivity index (χ4v) is 2.68. The number of carbonyl (C=O) groups is 1. The SMILES string of the molecule is C#CCOc1cc(F)ccc1NC(=O)N[C@@H](C)CN1CCN(C)CC1. The van der Waals surface area contributed by atoms with Gasteiger partial charge in [-0.1, -0.05) is 5.92 Å². The van der Waals surface area contributed by atoms with Crippen LogP contribution in [0.3, 0.4) is 0 Å². The number of terminal acetylenes is 1. The molecule has 2 rings (SSSR count). The highest BCUT2D eigenvalue weighted by molar-refractivity contribution is 5.91. The lowest BCUT2D eigenvalue weighted by atomic mass is 10.2. The van der Waals surface area contributed by atoms with Crippen LogP contribution in [0.25, 0.3) is 0 Å². The second-order valence-electron chi connectivity index (χ2n) is 6.24. The first-order valence-corrected chi connectivity index (χ1v) is 8.32. The molecule has 0 saturated carbocycles. The van der Waals surface area contributed by atoms with Crippen LogP contribution in [0.2, 0.25) is 0 Å². The molecule has 1 aromatic rings. The van der Waals surface area contributed by atoms with E-state index in [1.54, 1.807) is 0 Å². The Morgan fingerprint density at radius 3 is 2.80 bits per heavy atom. The first-order valence-electron chi connectivity index (χ1n) is 8.32. The van der Waals surface area contributed by atoms with Crippen LogP contribution in [0.1, 0.15) is 6.92 Å². The van der Waals surface area contributed by atoms with Crippen LogP contribution in [0.4, 0.5) is 14.9 Å². The zero-order chi connectivity index (χ0) is 18.2. The molecule has 6 nitrogen and oxygen atoms in total. The van der Waals surface area contributed by atoms with Gasteiger partial charge in [0, 0.05) is 44.8 Å². The van der Waals surface area contributed by atoms with Gasteiger partial charge in [-0.15, -0.1) is 6.42 Å². The van der Waals surface area contributed by atoms with E-state index in [2.05, 4.69) is 33.4 Å². The van der Waals surface area contributed by atoms with Crippen LogP contribution >= 0.6 is 0 Å². The fourth-order valence-electron chi connectivity index (χ4n) is 2.68. The lowest BCUT2D eigenvalue weighted by Crippen LogP contribution is -2.50. The van der Waals surface area contributed by atoms with Crippen molar-refractivity contribution in [3.8, 4) is 18.1 Å². The highest BCUT2D eigenvalue weighted by atomic mass is 19.1. The molecule has 1 atom stereocenters. The van der Waals surface area contributed by atoms with E-state index in [-0.39, 0.29) is 24.4 Å². The van der Waals surface area contributed by atoms with E-state index in [4.69, 9.17) is 11.2 Å². The summed E-state index contributed by atoms with van der Waals surface area (Å²) >= 11 is 0. The van der Waals surface area contributed by atoms with E-state index in [0.717, 1.165) is 32.7 Å². The van der Waals surface area contributed by atoms with Gasteiger partial charge in [0.1, 0.15) is 18.2 Å². The highest BCUT2D eigenvalue weighted by Crippen LogP contribution is 2.25. The fraction of sp³-hybridized carbons (Fsp3) is 0.500. The maximum atomic E-state index is 13.3. The summed E-state index contributed by atoms with van der Waals surface area (Å²) in [7, 11) is 2.11. The van der Waals surface area contributed by atoms with Crippen molar-refractivity contribution < 1.29 is 13.9 Å². The van der Waals surface area contributed by atoms with Gasteiger partial charge in [0.25, 0.3) is 0 Å². The van der Waals surface area contributed by atoms with Crippen LogP contribution in [0, 0.1) is 18.2 Å². The molecule has 1 aromatic carbocycles. The third-order valence-electron chi connectivity index (χ3n) is 4.01. The van der Waals surface area contributed by atoms with Gasteiger partial charge < -0.3 is 20.3 Å². The lowest BCUT2D eigenvalue weighted by molar-refractivity contribution is 0.145. The third kappa shape index (κ3) is 6.25. The van der Waals surface area contributed by atoms with Gasteiger partial charge >= 0.3 is 6.03 Å². The van der Waals surface area contributed by atoms with E-state index in [0.29, 0.717) is 5.69 Å². The molecular weight excluding hydrogens is 323 g/mol. The Balaban J connectivity index is 1.86. The Hall–Kier alpha value is -2.30. The number of rotatable bonds is 6. The molecule has 1 saturated heterocycles. The molecule has 0 unspecified atom stereocenters. The number of halogens is 1. The van der Waals surface area contributed by atoms with Crippen LogP contribution in [0.15, 0.2) is 18.2 Å². The van der Waals surface area contributed by atoms with Gasteiger partial charge in [-0.05, 0) is 26.1 Å². The highest BCUT2D eigenvalue weighted by Gasteiger charge is 2.17. The van der Waals surface area contributed by atoms with Crippen LogP contribution in [0.5, 0.6) is 5.75 Å². The minimum atomic E-state index is -0.457. The molecule has 1 heterocycles. The number of urea groups is 1. The Morgan fingerprint density at radius 2 is 2.12 bits per heavy atom. The van der Waals surface area contributed by atoms with Crippen LogP contribution in [-0.4, -0.2) is 68.3 Å². The maximum absolute atomic E-state index is 13.3. The summed E-state index contributed by atoms with van der Waals surface area (Å²) in [6.07, 6.45) is 5.15. The van der Waals surface area contributed by atoms with Crippen molar-refractivity contribution in [2.45, 2.75) is 13.0 Å². The summed E-state index contributed by atoms with van der Waals surface area (Å²) in [4.78, 5) is 16.8. The summed E-state index contributed by atoms with van der Waals surface area (Å²) in [6, 6.07) is 3.52. The molecule has 0 radical (unpaired) electrons. The molecule has 1 aliphatic heterocycles. The molecule has 2 N–H and O–H groups in total. The number of hydrogen-bond acceptors (Lipinski definition) is 4. The molecule has 7 heteroatoms. The normalized spacial score (nSPS) is 16.7. The molecule has 25 heavy (non-hydrogen) atoms. The summed E-state index contributed by atoms with van der Waals surface area (Å²) in [6.45, 7) is 6.79. The molecule has 0 aliphatic carbocycles. The van der Waals surface area contributed by atoms with Gasteiger partial charge in [0.05, 0.1) is 5.69 Å². The Kier molecular flexibility index (Phi) is 7.04. The largest absolute Gasteiger partial charge is 0.479 e. The minimum Gasteiger partial charge on any atom is -0.479 e. The number of ether oxygens (including phenoxy) is 1. The maximum Gasteiger partial charge on any atom is 0.319 e. The standard InChI is InChI=1S/C18H25FN4O2/c1-4-11-25-17-12-15(19)5-6-16(17)21-18(24)20-14(2)13-23-9-7-22(3)8-10-23/h1,5-6,12,14H,7-11,13H2,2-3H3,(H2,20,21,24)/t14-/m0/s1. The Morgan fingerprint density at radius 1 is 1.40 bits per heavy atom. The average molecular weight is 348 g/mol. The van der Waals surface area contributed by atoms with Crippen molar-refractivity contribution in [3.05, 3.63) is 24.0 Å². The molecule has 0 spiro atoms. The second kappa shape index (κ2) is 9.25.